The van der Waals surface area contributed by atoms with Gasteiger partial charge < -0.3 is 15.4 Å². The van der Waals surface area contributed by atoms with Crippen molar-refractivity contribution in [1.29, 1.82) is 0 Å². The molecule has 1 aliphatic heterocycles. The first kappa shape index (κ1) is 14.8. The number of alkyl halides is 1. The third-order valence-electron chi connectivity index (χ3n) is 3.72. The van der Waals surface area contributed by atoms with Crippen LogP contribution in [0.15, 0.2) is 24.3 Å². The number of rotatable bonds is 3. The highest BCUT2D eigenvalue weighted by Crippen LogP contribution is 2.20. The second kappa shape index (κ2) is 6.70. The number of piperidine rings is 1. The average Bonchev–Trinajstić information content (AvgIpc) is 2.46. The molecule has 0 aromatic heterocycles. The van der Waals surface area contributed by atoms with Gasteiger partial charge in [0.15, 0.2) is 0 Å². The van der Waals surface area contributed by atoms with Gasteiger partial charge in [0.25, 0.3) is 0 Å². The van der Waals surface area contributed by atoms with Gasteiger partial charge in [0.05, 0.1) is 6.54 Å². The monoisotopic (exact) mass is 280 g/mol. The number of amides is 1. The number of hydrogen-bond donors (Lipinski definition) is 1. The number of hydrogen-bond acceptors (Lipinski definition) is 3. The standard InChI is InChI=1S/C15H21FN2O2/c1-11-2-4-12(5-3-11)10-20-15(19)18-7-6-13(8-17)14(16)9-18/h2-5,13-14H,6-10,17H2,1H3. The Morgan fingerprint density at radius 3 is 2.75 bits per heavy atom. The second-order valence-electron chi connectivity index (χ2n) is 5.29. The van der Waals surface area contributed by atoms with Crippen LogP contribution in [0.1, 0.15) is 17.5 Å². The summed E-state index contributed by atoms with van der Waals surface area (Å²) in [5.41, 5.74) is 7.57. The van der Waals surface area contributed by atoms with Crippen LogP contribution in [0.5, 0.6) is 0 Å². The van der Waals surface area contributed by atoms with Crippen LogP contribution in [0.3, 0.4) is 0 Å². The molecule has 2 atom stereocenters. The second-order valence-corrected chi connectivity index (χ2v) is 5.29. The first-order chi connectivity index (χ1) is 9.60. The molecule has 2 rings (SSSR count). The Bertz CT molecular complexity index is 450. The van der Waals surface area contributed by atoms with Crippen molar-refractivity contribution in [3.05, 3.63) is 35.4 Å². The van der Waals surface area contributed by atoms with E-state index in [0.29, 0.717) is 19.5 Å². The van der Waals surface area contributed by atoms with Crippen molar-refractivity contribution < 1.29 is 13.9 Å². The van der Waals surface area contributed by atoms with Gasteiger partial charge in [0.1, 0.15) is 12.8 Å². The molecule has 20 heavy (non-hydrogen) atoms. The van der Waals surface area contributed by atoms with Crippen LogP contribution in [0, 0.1) is 12.8 Å². The summed E-state index contributed by atoms with van der Waals surface area (Å²) in [6.07, 6.45) is -0.915. The number of likely N-dealkylation sites (tertiary alicyclic amines) is 1. The molecule has 2 N–H and O–H groups in total. The van der Waals surface area contributed by atoms with Crippen molar-refractivity contribution in [2.75, 3.05) is 19.6 Å². The molecule has 4 nitrogen and oxygen atoms in total. The highest BCUT2D eigenvalue weighted by atomic mass is 19.1. The first-order valence-electron chi connectivity index (χ1n) is 6.91. The van der Waals surface area contributed by atoms with E-state index in [1.807, 2.05) is 31.2 Å². The first-order valence-corrected chi connectivity index (χ1v) is 6.91. The fourth-order valence-corrected chi connectivity index (χ4v) is 2.31. The summed E-state index contributed by atoms with van der Waals surface area (Å²) in [5, 5.41) is 0. The smallest absolute Gasteiger partial charge is 0.410 e. The van der Waals surface area contributed by atoms with Crippen LogP contribution in [-0.2, 0) is 11.3 Å². The maximum absolute atomic E-state index is 13.7. The summed E-state index contributed by atoms with van der Waals surface area (Å²) < 4.78 is 19.0. The molecule has 0 radical (unpaired) electrons. The van der Waals surface area contributed by atoms with Crippen LogP contribution in [0.4, 0.5) is 9.18 Å². The fraction of sp³-hybridized carbons (Fsp3) is 0.533. The van der Waals surface area contributed by atoms with E-state index in [2.05, 4.69) is 0 Å². The lowest BCUT2D eigenvalue weighted by Gasteiger charge is -2.33. The number of carbonyl (C=O) groups excluding carboxylic acids is 1. The predicted molar refractivity (Wildman–Crippen MR) is 75.0 cm³/mol. The van der Waals surface area contributed by atoms with Gasteiger partial charge in [-0.15, -0.1) is 0 Å². The third kappa shape index (κ3) is 3.70. The number of nitrogens with two attached hydrogens (primary N) is 1. The largest absolute Gasteiger partial charge is 0.445 e. The van der Waals surface area contributed by atoms with Gasteiger partial charge in [0.2, 0.25) is 0 Å². The van der Waals surface area contributed by atoms with E-state index in [0.717, 1.165) is 11.1 Å². The molecule has 2 unspecified atom stereocenters. The van der Waals surface area contributed by atoms with Crippen LogP contribution in [0.25, 0.3) is 0 Å². The molecule has 1 aromatic rings. The molecule has 0 saturated carbocycles. The molecule has 1 fully saturated rings. The summed E-state index contributed by atoms with van der Waals surface area (Å²) in [7, 11) is 0. The van der Waals surface area contributed by atoms with Crippen LogP contribution >= 0.6 is 0 Å². The molecule has 1 amide bonds. The summed E-state index contributed by atoms with van der Waals surface area (Å²) in [4.78, 5) is 13.3. The number of aryl methyl sites for hydroxylation is 1. The molecular formula is C15H21FN2O2. The summed E-state index contributed by atoms with van der Waals surface area (Å²) in [5.74, 6) is -0.142. The topological polar surface area (TPSA) is 55.6 Å². The molecule has 0 bridgehead atoms. The van der Waals surface area contributed by atoms with E-state index in [4.69, 9.17) is 10.5 Å². The van der Waals surface area contributed by atoms with Crippen molar-refractivity contribution in [1.82, 2.24) is 4.90 Å². The number of benzene rings is 1. The molecule has 1 heterocycles. The van der Waals surface area contributed by atoms with E-state index in [1.54, 1.807) is 0 Å². The minimum Gasteiger partial charge on any atom is -0.445 e. The number of nitrogens with zero attached hydrogens (tertiary/aromatic N) is 1. The van der Waals surface area contributed by atoms with Gasteiger partial charge in [0, 0.05) is 12.5 Å². The van der Waals surface area contributed by atoms with Crippen LogP contribution in [0.2, 0.25) is 0 Å². The highest BCUT2D eigenvalue weighted by molar-refractivity contribution is 5.67. The average molecular weight is 280 g/mol. The SMILES string of the molecule is Cc1ccc(COC(=O)N2CCC(CN)C(F)C2)cc1. The molecule has 1 aliphatic rings. The zero-order valence-electron chi connectivity index (χ0n) is 11.7. The zero-order valence-corrected chi connectivity index (χ0v) is 11.7. The van der Waals surface area contributed by atoms with E-state index in [1.165, 1.54) is 4.90 Å². The normalized spacial score (nSPS) is 22.6. The lowest BCUT2D eigenvalue weighted by molar-refractivity contribution is 0.0536. The lowest BCUT2D eigenvalue weighted by Crippen LogP contribution is -2.46. The van der Waals surface area contributed by atoms with Gasteiger partial charge >= 0.3 is 6.09 Å². The number of carbonyl (C=O) groups is 1. The Morgan fingerprint density at radius 1 is 1.45 bits per heavy atom. The fourth-order valence-electron chi connectivity index (χ4n) is 2.31. The van der Waals surface area contributed by atoms with E-state index >= 15 is 0 Å². The van der Waals surface area contributed by atoms with Gasteiger partial charge in [-0.1, -0.05) is 29.8 Å². The maximum Gasteiger partial charge on any atom is 0.410 e. The van der Waals surface area contributed by atoms with Crippen molar-refractivity contribution in [3.8, 4) is 0 Å². The van der Waals surface area contributed by atoms with Gasteiger partial charge in [-0.3, -0.25) is 0 Å². The van der Waals surface area contributed by atoms with Crippen molar-refractivity contribution in [2.45, 2.75) is 26.1 Å². The highest BCUT2D eigenvalue weighted by Gasteiger charge is 2.31. The van der Waals surface area contributed by atoms with Crippen molar-refractivity contribution in [3.63, 3.8) is 0 Å². The Labute approximate surface area is 118 Å². The summed E-state index contributed by atoms with van der Waals surface area (Å²) in [6.45, 7) is 3.13. The van der Waals surface area contributed by atoms with Gasteiger partial charge in [-0.25, -0.2) is 9.18 Å². The van der Waals surface area contributed by atoms with Crippen molar-refractivity contribution in [2.24, 2.45) is 11.7 Å². The van der Waals surface area contributed by atoms with Crippen LogP contribution in [-0.4, -0.2) is 36.8 Å². The Balaban J connectivity index is 1.82. The number of halogens is 1. The van der Waals surface area contributed by atoms with E-state index < -0.39 is 12.3 Å². The maximum atomic E-state index is 13.7. The van der Waals surface area contributed by atoms with E-state index in [9.17, 15) is 9.18 Å². The van der Waals surface area contributed by atoms with Crippen LogP contribution < -0.4 is 5.73 Å². The quantitative estimate of drug-likeness (QED) is 0.924. The predicted octanol–water partition coefficient (Wildman–Crippen LogP) is 2.25. The number of ether oxygens (including phenoxy) is 1. The molecule has 110 valence electrons. The molecule has 0 aliphatic carbocycles. The molecular weight excluding hydrogens is 259 g/mol. The van der Waals surface area contributed by atoms with Crippen molar-refractivity contribution >= 4 is 6.09 Å². The molecule has 0 spiro atoms. The Hall–Kier alpha value is -1.62. The minimum absolute atomic E-state index is 0.0780. The lowest BCUT2D eigenvalue weighted by atomic mass is 9.95. The molecule has 1 saturated heterocycles. The molecule has 5 heteroatoms. The van der Waals surface area contributed by atoms with Gasteiger partial charge in [-0.05, 0) is 25.5 Å². The Kier molecular flexibility index (Phi) is 4.95. The third-order valence-corrected chi connectivity index (χ3v) is 3.72. The van der Waals surface area contributed by atoms with E-state index in [-0.39, 0.29) is 19.1 Å². The summed E-state index contributed by atoms with van der Waals surface area (Å²) in [6, 6.07) is 7.77. The summed E-state index contributed by atoms with van der Waals surface area (Å²) >= 11 is 0. The zero-order chi connectivity index (χ0) is 14.5. The molecule has 1 aromatic carbocycles. The Morgan fingerprint density at radius 2 is 2.15 bits per heavy atom. The van der Waals surface area contributed by atoms with Gasteiger partial charge in [-0.2, -0.15) is 0 Å². The minimum atomic E-state index is -1.05.